The number of alkyl carbamates (subject to hydrolysis) is 1. The van der Waals surface area contributed by atoms with Gasteiger partial charge in [-0.05, 0) is 22.3 Å². The van der Waals surface area contributed by atoms with Crippen LogP contribution < -0.4 is 10.6 Å². The number of aryl methyl sites for hydroxylation is 1. The first kappa shape index (κ1) is 24.0. The quantitative estimate of drug-likeness (QED) is 0.430. The van der Waals surface area contributed by atoms with Crippen molar-refractivity contribution >= 4 is 18.0 Å². The normalized spacial score (nSPS) is 13.0. The monoisotopic (exact) mass is 478 g/mol. The second-order valence-electron chi connectivity index (χ2n) is 8.13. The van der Waals surface area contributed by atoms with Crippen molar-refractivity contribution in [2.75, 3.05) is 20.3 Å². The summed E-state index contributed by atoms with van der Waals surface area (Å²) < 4.78 is 12.0. The summed E-state index contributed by atoms with van der Waals surface area (Å²) in [6.07, 6.45) is 0.460. The van der Waals surface area contributed by atoms with Gasteiger partial charge in [0.15, 0.2) is 0 Å². The Morgan fingerprint density at radius 2 is 1.71 bits per heavy atom. The zero-order valence-corrected chi connectivity index (χ0v) is 19.4. The number of carboxylic acids is 1. The van der Waals surface area contributed by atoms with Crippen molar-refractivity contribution in [1.82, 2.24) is 20.4 Å². The van der Waals surface area contributed by atoms with Crippen LogP contribution in [0.25, 0.3) is 11.1 Å². The van der Waals surface area contributed by atoms with Crippen LogP contribution in [0.5, 0.6) is 0 Å². The fraction of sp³-hybridized carbons (Fsp3) is 0.280. The molecule has 4 rings (SSSR count). The molecule has 10 heteroatoms. The zero-order chi connectivity index (χ0) is 24.9. The molecule has 1 aliphatic rings. The van der Waals surface area contributed by atoms with Gasteiger partial charge in [-0.15, -0.1) is 0 Å². The van der Waals surface area contributed by atoms with Gasteiger partial charge in [-0.2, -0.15) is 5.10 Å². The van der Waals surface area contributed by atoms with Crippen molar-refractivity contribution in [1.29, 1.82) is 0 Å². The number of nitrogens with one attached hydrogen (secondary N) is 2. The van der Waals surface area contributed by atoms with E-state index in [0.717, 1.165) is 22.3 Å². The Morgan fingerprint density at radius 1 is 1.09 bits per heavy atom. The fourth-order valence-electron chi connectivity index (χ4n) is 4.28. The highest BCUT2D eigenvalue weighted by atomic mass is 16.5. The maximum Gasteiger partial charge on any atom is 0.407 e. The van der Waals surface area contributed by atoms with Gasteiger partial charge in [0, 0.05) is 20.1 Å². The molecule has 0 radical (unpaired) electrons. The van der Waals surface area contributed by atoms with Gasteiger partial charge in [-0.1, -0.05) is 48.5 Å². The minimum atomic E-state index is -1.15. The van der Waals surface area contributed by atoms with Gasteiger partial charge in [-0.3, -0.25) is 9.48 Å². The molecule has 35 heavy (non-hydrogen) atoms. The van der Waals surface area contributed by atoms with Crippen LogP contribution in [0.3, 0.4) is 0 Å². The first-order valence-corrected chi connectivity index (χ1v) is 11.0. The highest BCUT2D eigenvalue weighted by Crippen LogP contribution is 2.44. The lowest BCUT2D eigenvalue weighted by molar-refractivity contribution is -0.124. The number of hydrogen-bond donors (Lipinski definition) is 3. The lowest BCUT2D eigenvalue weighted by Gasteiger charge is -2.19. The number of nitrogens with zero attached hydrogens (tertiary/aromatic N) is 2. The molecule has 1 atom stereocenters. The number of hydrogen-bond acceptors (Lipinski definition) is 6. The number of rotatable bonds is 9. The van der Waals surface area contributed by atoms with E-state index >= 15 is 0 Å². The van der Waals surface area contributed by atoms with Crippen LogP contribution in [0.15, 0.2) is 54.7 Å². The number of carbonyl (C=O) groups excluding carboxylic acids is 2. The molecule has 0 saturated heterocycles. The van der Waals surface area contributed by atoms with E-state index in [2.05, 4.69) is 15.7 Å². The zero-order valence-electron chi connectivity index (χ0n) is 19.4. The predicted molar refractivity (Wildman–Crippen MR) is 126 cm³/mol. The van der Waals surface area contributed by atoms with Crippen LogP contribution in [-0.4, -0.2) is 59.2 Å². The van der Waals surface area contributed by atoms with Gasteiger partial charge in [-0.25, -0.2) is 9.59 Å². The van der Waals surface area contributed by atoms with E-state index in [-0.39, 0.29) is 31.2 Å². The molecule has 1 unspecified atom stereocenters. The molecule has 0 spiro atoms. The van der Waals surface area contributed by atoms with Gasteiger partial charge in [0.1, 0.15) is 18.2 Å². The third-order valence-corrected chi connectivity index (χ3v) is 6.01. The minimum absolute atomic E-state index is 0.0133. The molecule has 2 amide bonds. The second kappa shape index (κ2) is 10.4. The molecule has 0 bridgehead atoms. The van der Waals surface area contributed by atoms with Gasteiger partial charge in [0.2, 0.25) is 5.91 Å². The summed E-state index contributed by atoms with van der Waals surface area (Å²) in [5.74, 6) is -1.80. The van der Waals surface area contributed by atoms with Crippen LogP contribution in [0.4, 0.5) is 4.79 Å². The van der Waals surface area contributed by atoms with Crippen LogP contribution in [0.2, 0.25) is 0 Å². The summed E-state index contributed by atoms with van der Waals surface area (Å²) in [7, 11) is 2.98. The standard InChI is InChI=1S/C25H26N4O6/c1-29-22(19(11-27-29)24(31)32)12-26-23(30)21(14-34-2)28-25(33)35-13-20-17-9-5-3-7-15(17)16-8-4-6-10-18(16)20/h3-11,20-21H,12-14H2,1-2H3,(H,26,30)(H,28,33)(H,31,32). The van der Waals surface area contributed by atoms with E-state index in [4.69, 9.17) is 9.47 Å². The van der Waals surface area contributed by atoms with E-state index in [1.165, 1.54) is 18.0 Å². The largest absolute Gasteiger partial charge is 0.478 e. The molecule has 1 aromatic heterocycles. The van der Waals surface area contributed by atoms with E-state index in [0.29, 0.717) is 5.69 Å². The number of aromatic carboxylic acids is 1. The SMILES string of the molecule is COCC(NC(=O)OCC1c2ccccc2-c2ccccc21)C(=O)NCc1c(C(=O)O)cnn1C. The third-order valence-electron chi connectivity index (χ3n) is 6.01. The van der Waals surface area contributed by atoms with Crippen molar-refractivity contribution in [3.05, 3.63) is 77.1 Å². The predicted octanol–water partition coefficient (Wildman–Crippen LogP) is 2.29. The summed E-state index contributed by atoms with van der Waals surface area (Å²) >= 11 is 0. The maximum atomic E-state index is 12.7. The molecular weight excluding hydrogens is 452 g/mol. The number of aromatic nitrogens is 2. The van der Waals surface area contributed by atoms with Gasteiger partial charge in [0.25, 0.3) is 0 Å². The van der Waals surface area contributed by atoms with Crippen molar-refractivity contribution in [2.45, 2.75) is 18.5 Å². The Bertz CT molecular complexity index is 1210. The van der Waals surface area contributed by atoms with E-state index < -0.39 is 24.0 Å². The summed E-state index contributed by atoms with van der Waals surface area (Å²) in [6.45, 7) is -0.0606. The molecule has 182 valence electrons. The molecule has 3 N–H and O–H groups in total. The third kappa shape index (κ3) is 5.02. The van der Waals surface area contributed by atoms with Crippen LogP contribution in [-0.2, 0) is 27.9 Å². The molecule has 0 fully saturated rings. The van der Waals surface area contributed by atoms with Crippen LogP contribution in [0, 0.1) is 0 Å². The van der Waals surface area contributed by atoms with Gasteiger partial charge >= 0.3 is 12.1 Å². The molecule has 1 aliphatic carbocycles. The fourth-order valence-corrected chi connectivity index (χ4v) is 4.28. The van der Waals surface area contributed by atoms with Gasteiger partial charge in [0.05, 0.1) is 25.0 Å². The average Bonchev–Trinajstić information content (AvgIpc) is 3.38. The minimum Gasteiger partial charge on any atom is -0.478 e. The van der Waals surface area contributed by atoms with E-state index in [9.17, 15) is 19.5 Å². The Morgan fingerprint density at radius 3 is 2.31 bits per heavy atom. The number of ether oxygens (including phenoxy) is 2. The number of carboxylic acid groups (broad SMARTS) is 1. The Kier molecular flexibility index (Phi) is 7.11. The first-order valence-electron chi connectivity index (χ1n) is 11.0. The number of benzene rings is 2. The van der Waals surface area contributed by atoms with Crippen LogP contribution >= 0.6 is 0 Å². The Labute approximate surface area is 201 Å². The van der Waals surface area contributed by atoms with Crippen molar-refractivity contribution < 1.29 is 29.0 Å². The van der Waals surface area contributed by atoms with Crippen LogP contribution in [0.1, 0.15) is 33.1 Å². The molecule has 2 aromatic carbocycles. The molecule has 0 saturated carbocycles. The summed E-state index contributed by atoms with van der Waals surface area (Å²) in [5, 5.41) is 18.3. The topological polar surface area (TPSA) is 132 Å². The van der Waals surface area contributed by atoms with E-state index in [1.54, 1.807) is 7.05 Å². The first-order chi connectivity index (χ1) is 16.9. The molecule has 10 nitrogen and oxygen atoms in total. The molecular formula is C25H26N4O6. The highest BCUT2D eigenvalue weighted by Gasteiger charge is 2.30. The average molecular weight is 479 g/mol. The smallest absolute Gasteiger partial charge is 0.407 e. The lowest BCUT2D eigenvalue weighted by atomic mass is 9.98. The summed E-state index contributed by atoms with van der Waals surface area (Å²) in [6, 6.07) is 15.0. The van der Waals surface area contributed by atoms with Gasteiger partial charge < -0.3 is 25.2 Å². The summed E-state index contributed by atoms with van der Waals surface area (Å²) in [5.41, 5.74) is 4.70. The number of amides is 2. The summed E-state index contributed by atoms with van der Waals surface area (Å²) in [4.78, 5) is 36.6. The number of carbonyl (C=O) groups is 3. The maximum absolute atomic E-state index is 12.7. The van der Waals surface area contributed by atoms with E-state index in [1.807, 2.05) is 48.5 Å². The second-order valence-corrected chi connectivity index (χ2v) is 8.13. The lowest BCUT2D eigenvalue weighted by Crippen LogP contribution is -2.49. The van der Waals surface area contributed by atoms with Crippen molar-refractivity contribution in [3.63, 3.8) is 0 Å². The Hall–Kier alpha value is -4.18. The number of methoxy groups -OCH3 is 1. The molecule has 1 heterocycles. The van der Waals surface area contributed by atoms with Crippen molar-refractivity contribution in [3.8, 4) is 11.1 Å². The molecule has 3 aromatic rings. The highest BCUT2D eigenvalue weighted by molar-refractivity contribution is 5.89. The Balaban J connectivity index is 1.38. The molecule has 0 aliphatic heterocycles. The number of fused-ring (bicyclic) bond motifs is 3. The van der Waals surface area contributed by atoms with Crippen molar-refractivity contribution in [2.24, 2.45) is 7.05 Å².